The molecule has 0 fully saturated rings. The van der Waals surface area contributed by atoms with Crippen LogP contribution in [0, 0.1) is 0 Å². The molecule has 0 bridgehead atoms. The van der Waals surface area contributed by atoms with Crippen LogP contribution in [0.4, 0.5) is 5.69 Å². The van der Waals surface area contributed by atoms with Gasteiger partial charge in [0, 0.05) is 24.2 Å². The average Bonchev–Trinajstić information content (AvgIpc) is 2.54. The molecule has 0 aromatic heterocycles. The average molecular weight is 301 g/mol. The molecule has 3 heteroatoms. The van der Waals surface area contributed by atoms with E-state index in [1.165, 1.54) is 10.6 Å². The van der Waals surface area contributed by atoms with Gasteiger partial charge < -0.3 is 10.0 Å². The molecule has 1 unspecified atom stereocenters. The van der Waals surface area contributed by atoms with E-state index in [1.54, 1.807) is 0 Å². The standard InChI is InChI=1S/C18H23NOS/c1-3-21-17-11-9-15(10-12-17)18(20)13-14-19(2)16-7-5-4-6-8-16/h4-12,18,20H,3,13-14H2,1-2H3. The first-order chi connectivity index (χ1) is 10.2. The molecule has 2 nitrogen and oxygen atoms in total. The molecule has 0 radical (unpaired) electrons. The van der Waals surface area contributed by atoms with Gasteiger partial charge in [0.15, 0.2) is 0 Å². The second-order valence-electron chi connectivity index (χ2n) is 5.06. The van der Waals surface area contributed by atoms with Crippen LogP contribution >= 0.6 is 11.8 Å². The van der Waals surface area contributed by atoms with Crippen LogP contribution in [0.5, 0.6) is 0 Å². The third-order valence-electron chi connectivity index (χ3n) is 3.51. The lowest BCUT2D eigenvalue weighted by Crippen LogP contribution is -2.20. The lowest BCUT2D eigenvalue weighted by Gasteiger charge is -2.21. The number of hydrogen-bond acceptors (Lipinski definition) is 3. The van der Waals surface area contributed by atoms with Crippen LogP contribution in [0.2, 0.25) is 0 Å². The number of benzene rings is 2. The molecule has 1 atom stereocenters. The van der Waals surface area contributed by atoms with E-state index in [-0.39, 0.29) is 0 Å². The minimum absolute atomic E-state index is 0.406. The van der Waals surface area contributed by atoms with E-state index < -0.39 is 6.10 Å². The smallest absolute Gasteiger partial charge is 0.0806 e. The molecule has 0 aliphatic rings. The Bertz CT molecular complexity index is 527. The van der Waals surface area contributed by atoms with E-state index in [9.17, 15) is 5.11 Å². The van der Waals surface area contributed by atoms with Gasteiger partial charge in [-0.3, -0.25) is 0 Å². The van der Waals surface area contributed by atoms with E-state index in [4.69, 9.17) is 0 Å². The molecule has 0 saturated carbocycles. The van der Waals surface area contributed by atoms with E-state index in [2.05, 4.69) is 43.1 Å². The molecule has 21 heavy (non-hydrogen) atoms. The number of para-hydroxylation sites is 1. The summed E-state index contributed by atoms with van der Waals surface area (Å²) >= 11 is 1.82. The van der Waals surface area contributed by atoms with E-state index in [1.807, 2.05) is 42.1 Å². The van der Waals surface area contributed by atoms with Crippen LogP contribution in [0.3, 0.4) is 0 Å². The second kappa shape index (κ2) is 8.11. The summed E-state index contributed by atoms with van der Waals surface area (Å²) in [6, 6.07) is 18.5. The summed E-state index contributed by atoms with van der Waals surface area (Å²) in [5, 5.41) is 10.3. The van der Waals surface area contributed by atoms with Crippen LogP contribution in [-0.2, 0) is 0 Å². The minimum atomic E-state index is -0.406. The minimum Gasteiger partial charge on any atom is -0.388 e. The third-order valence-corrected chi connectivity index (χ3v) is 4.40. The fourth-order valence-corrected chi connectivity index (χ4v) is 2.91. The first-order valence-electron chi connectivity index (χ1n) is 7.37. The van der Waals surface area contributed by atoms with Crippen molar-refractivity contribution in [3.8, 4) is 0 Å². The van der Waals surface area contributed by atoms with E-state index >= 15 is 0 Å². The zero-order chi connectivity index (χ0) is 15.1. The van der Waals surface area contributed by atoms with Gasteiger partial charge in [0.1, 0.15) is 0 Å². The van der Waals surface area contributed by atoms with Crippen molar-refractivity contribution in [2.45, 2.75) is 24.3 Å². The maximum Gasteiger partial charge on any atom is 0.0806 e. The van der Waals surface area contributed by atoms with Crippen LogP contribution < -0.4 is 4.90 Å². The Balaban J connectivity index is 1.88. The topological polar surface area (TPSA) is 23.5 Å². The maximum atomic E-state index is 10.3. The highest BCUT2D eigenvalue weighted by Gasteiger charge is 2.09. The Morgan fingerprint density at radius 1 is 1.05 bits per heavy atom. The van der Waals surface area contributed by atoms with Crippen molar-refractivity contribution in [2.24, 2.45) is 0 Å². The first-order valence-corrected chi connectivity index (χ1v) is 8.36. The Labute approximate surface area is 131 Å². The number of hydrogen-bond donors (Lipinski definition) is 1. The Kier molecular flexibility index (Phi) is 6.15. The molecular weight excluding hydrogens is 278 g/mol. The maximum absolute atomic E-state index is 10.3. The van der Waals surface area contributed by atoms with Gasteiger partial charge in [0.05, 0.1) is 6.10 Å². The summed E-state index contributed by atoms with van der Waals surface area (Å²) in [7, 11) is 2.06. The third kappa shape index (κ3) is 4.80. The lowest BCUT2D eigenvalue weighted by atomic mass is 10.1. The highest BCUT2D eigenvalue weighted by molar-refractivity contribution is 7.99. The number of aliphatic hydroxyl groups is 1. The molecule has 0 spiro atoms. The molecule has 0 saturated heterocycles. The lowest BCUT2D eigenvalue weighted by molar-refractivity contribution is 0.170. The van der Waals surface area contributed by atoms with Gasteiger partial charge in [0.2, 0.25) is 0 Å². The zero-order valence-corrected chi connectivity index (χ0v) is 13.5. The van der Waals surface area contributed by atoms with E-state index in [0.717, 1.165) is 24.3 Å². The number of rotatable bonds is 7. The van der Waals surface area contributed by atoms with Gasteiger partial charge in [-0.15, -0.1) is 11.8 Å². The van der Waals surface area contributed by atoms with Crippen LogP contribution in [0.25, 0.3) is 0 Å². The van der Waals surface area contributed by atoms with Crippen molar-refractivity contribution < 1.29 is 5.11 Å². The van der Waals surface area contributed by atoms with Crippen molar-refractivity contribution in [1.82, 2.24) is 0 Å². The monoisotopic (exact) mass is 301 g/mol. The Morgan fingerprint density at radius 3 is 2.33 bits per heavy atom. The van der Waals surface area contributed by atoms with Gasteiger partial charge in [-0.05, 0) is 42.0 Å². The molecule has 1 N–H and O–H groups in total. The van der Waals surface area contributed by atoms with Crippen molar-refractivity contribution in [2.75, 3.05) is 24.2 Å². The van der Waals surface area contributed by atoms with Crippen molar-refractivity contribution >= 4 is 17.4 Å². The van der Waals surface area contributed by atoms with Gasteiger partial charge in [-0.1, -0.05) is 37.3 Å². The van der Waals surface area contributed by atoms with Gasteiger partial charge in [-0.25, -0.2) is 0 Å². The molecule has 2 rings (SSSR count). The number of nitrogens with zero attached hydrogens (tertiary/aromatic N) is 1. The van der Waals surface area contributed by atoms with Crippen molar-refractivity contribution in [3.05, 3.63) is 60.2 Å². The number of thioether (sulfide) groups is 1. The molecular formula is C18H23NOS. The molecule has 0 amide bonds. The fraction of sp³-hybridized carbons (Fsp3) is 0.333. The van der Waals surface area contributed by atoms with Crippen molar-refractivity contribution in [3.63, 3.8) is 0 Å². The Morgan fingerprint density at radius 2 is 1.71 bits per heavy atom. The summed E-state index contributed by atoms with van der Waals surface area (Å²) in [5.41, 5.74) is 2.18. The van der Waals surface area contributed by atoms with Crippen LogP contribution in [0.15, 0.2) is 59.5 Å². The summed E-state index contributed by atoms with van der Waals surface area (Å²) in [6.45, 7) is 2.98. The van der Waals surface area contributed by atoms with Gasteiger partial charge >= 0.3 is 0 Å². The molecule has 0 aliphatic carbocycles. The second-order valence-corrected chi connectivity index (χ2v) is 6.40. The number of anilines is 1. The summed E-state index contributed by atoms with van der Waals surface area (Å²) in [5.74, 6) is 1.07. The summed E-state index contributed by atoms with van der Waals surface area (Å²) < 4.78 is 0. The molecule has 2 aromatic carbocycles. The van der Waals surface area contributed by atoms with E-state index in [0.29, 0.717) is 0 Å². The van der Waals surface area contributed by atoms with Crippen molar-refractivity contribution in [1.29, 1.82) is 0 Å². The SMILES string of the molecule is CCSc1ccc(C(O)CCN(C)c2ccccc2)cc1. The highest BCUT2D eigenvalue weighted by atomic mass is 32.2. The van der Waals surface area contributed by atoms with Gasteiger partial charge in [0.25, 0.3) is 0 Å². The molecule has 2 aromatic rings. The fourth-order valence-electron chi connectivity index (χ4n) is 2.25. The predicted octanol–water partition coefficient (Wildman–Crippen LogP) is 4.36. The largest absolute Gasteiger partial charge is 0.388 e. The number of aliphatic hydroxyl groups excluding tert-OH is 1. The molecule has 0 heterocycles. The zero-order valence-electron chi connectivity index (χ0n) is 12.7. The molecule has 0 aliphatic heterocycles. The molecule has 112 valence electrons. The Hall–Kier alpha value is -1.45. The highest BCUT2D eigenvalue weighted by Crippen LogP contribution is 2.23. The quantitative estimate of drug-likeness (QED) is 0.769. The normalized spacial score (nSPS) is 12.1. The summed E-state index contributed by atoms with van der Waals surface area (Å²) in [6.07, 6.45) is 0.322. The first kappa shape index (κ1) is 15.9. The van der Waals surface area contributed by atoms with Crippen LogP contribution in [-0.4, -0.2) is 24.5 Å². The summed E-state index contributed by atoms with van der Waals surface area (Å²) in [4.78, 5) is 3.43. The van der Waals surface area contributed by atoms with Crippen LogP contribution in [0.1, 0.15) is 25.0 Å². The van der Waals surface area contributed by atoms with Gasteiger partial charge in [-0.2, -0.15) is 0 Å². The predicted molar refractivity (Wildman–Crippen MR) is 92.1 cm³/mol.